The van der Waals surface area contributed by atoms with Gasteiger partial charge in [-0.05, 0) is 55.2 Å². The average molecular weight is 466 g/mol. The van der Waals surface area contributed by atoms with Gasteiger partial charge in [-0.15, -0.1) is 0 Å². The Morgan fingerprint density at radius 2 is 1.80 bits per heavy atom. The second-order valence-electron chi connectivity index (χ2n) is 8.72. The summed E-state index contributed by atoms with van der Waals surface area (Å²) in [5, 5.41) is 14.9. The van der Waals surface area contributed by atoms with Gasteiger partial charge in [-0.1, -0.05) is 47.1 Å². The number of nitriles is 1. The van der Waals surface area contributed by atoms with E-state index < -0.39 is 0 Å². The molecule has 0 saturated carbocycles. The SMILES string of the molecule is COc1ccc([C@@H]2C(C#N)=C(n3cccc3)OC3=C2/C(=N\OCc2ccc(C)cc2)CCC3)cc1. The van der Waals surface area contributed by atoms with Gasteiger partial charge in [-0.2, -0.15) is 5.26 Å². The van der Waals surface area contributed by atoms with Gasteiger partial charge < -0.3 is 14.3 Å². The van der Waals surface area contributed by atoms with Crippen LogP contribution in [0.4, 0.5) is 0 Å². The number of benzene rings is 2. The van der Waals surface area contributed by atoms with Crippen LogP contribution in [0.25, 0.3) is 5.88 Å². The van der Waals surface area contributed by atoms with E-state index in [1.54, 1.807) is 7.11 Å². The van der Waals surface area contributed by atoms with Crippen molar-refractivity contribution >= 4 is 11.6 Å². The maximum atomic E-state index is 10.3. The van der Waals surface area contributed by atoms with Crippen molar-refractivity contribution in [3.63, 3.8) is 0 Å². The number of hydrogen-bond acceptors (Lipinski definition) is 5. The summed E-state index contributed by atoms with van der Waals surface area (Å²) in [6.07, 6.45) is 6.24. The van der Waals surface area contributed by atoms with E-state index in [0.29, 0.717) is 18.1 Å². The molecule has 0 fully saturated rings. The van der Waals surface area contributed by atoms with Gasteiger partial charge >= 0.3 is 0 Å². The molecule has 0 N–H and O–H groups in total. The number of aryl methyl sites for hydroxylation is 1. The van der Waals surface area contributed by atoms with Gasteiger partial charge in [0.15, 0.2) is 0 Å². The fourth-order valence-electron chi connectivity index (χ4n) is 4.59. The summed E-state index contributed by atoms with van der Waals surface area (Å²) in [6.45, 7) is 2.45. The van der Waals surface area contributed by atoms with Crippen LogP contribution in [-0.2, 0) is 16.2 Å². The summed E-state index contributed by atoms with van der Waals surface area (Å²) in [7, 11) is 1.64. The van der Waals surface area contributed by atoms with E-state index in [2.05, 4.69) is 30.3 Å². The molecule has 0 bridgehead atoms. The van der Waals surface area contributed by atoms with E-state index in [9.17, 15) is 5.26 Å². The predicted octanol–water partition coefficient (Wildman–Crippen LogP) is 6.32. The highest BCUT2D eigenvalue weighted by molar-refractivity contribution is 6.04. The van der Waals surface area contributed by atoms with Gasteiger partial charge in [0, 0.05) is 24.4 Å². The lowest BCUT2D eigenvalue weighted by Crippen LogP contribution is -2.26. The zero-order valence-corrected chi connectivity index (χ0v) is 19.9. The second-order valence-corrected chi connectivity index (χ2v) is 8.72. The summed E-state index contributed by atoms with van der Waals surface area (Å²) >= 11 is 0. The third kappa shape index (κ3) is 4.58. The zero-order chi connectivity index (χ0) is 24.2. The lowest BCUT2D eigenvalue weighted by molar-refractivity contribution is 0.129. The number of oxime groups is 1. The Morgan fingerprint density at radius 3 is 2.49 bits per heavy atom. The second kappa shape index (κ2) is 9.94. The molecule has 5 rings (SSSR count). The van der Waals surface area contributed by atoms with Gasteiger partial charge in [-0.3, -0.25) is 4.57 Å². The van der Waals surface area contributed by atoms with Crippen molar-refractivity contribution in [3.8, 4) is 11.8 Å². The molecular formula is C29H27N3O3. The number of methoxy groups -OCH3 is 1. The van der Waals surface area contributed by atoms with Crippen LogP contribution >= 0.6 is 0 Å². The molecule has 0 spiro atoms. The van der Waals surface area contributed by atoms with Gasteiger partial charge in [0.05, 0.1) is 18.7 Å². The van der Waals surface area contributed by atoms with Crippen LogP contribution in [0.3, 0.4) is 0 Å². The van der Waals surface area contributed by atoms with Crippen LogP contribution in [-0.4, -0.2) is 17.4 Å². The minimum Gasteiger partial charge on any atom is -0.497 e. The highest BCUT2D eigenvalue weighted by atomic mass is 16.6. The summed E-state index contributed by atoms with van der Waals surface area (Å²) in [5.74, 6) is 1.84. The van der Waals surface area contributed by atoms with Crippen LogP contribution in [0, 0.1) is 18.3 Å². The topological polar surface area (TPSA) is 68.8 Å². The molecule has 2 aromatic carbocycles. The number of aromatic nitrogens is 1. The first kappa shape index (κ1) is 22.5. The summed E-state index contributed by atoms with van der Waals surface area (Å²) in [5.41, 5.74) is 5.55. The number of hydrogen-bond donors (Lipinski definition) is 0. The minimum absolute atomic E-state index is 0.311. The Kier molecular flexibility index (Phi) is 6.40. The molecule has 0 unspecified atom stereocenters. The summed E-state index contributed by atoms with van der Waals surface area (Å²) < 4.78 is 13.6. The highest BCUT2D eigenvalue weighted by Crippen LogP contribution is 2.46. The normalized spacial score (nSPS) is 18.7. The molecule has 1 aromatic heterocycles. The first-order valence-electron chi connectivity index (χ1n) is 11.7. The Labute approximate surface area is 205 Å². The summed E-state index contributed by atoms with van der Waals surface area (Å²) in [6, 6.07) is 22.3. The molecule has 6 nitrogen and oxygen atoms in total. The van der Waals surface area contributed by atoms with Crippen molar-refractivity contribution in [2.24, 2.45) is 5.16 Å². The molecule has 1 aliphatic heterocycles. The van der Waals surface area contributed by atoms with Crippen LogP contribution in [0.2, 0.25) is 0 Å². The van der Waals surface area contributed by atoms with Crippen molar-refractivity contribution in [1.82, 2.24) is 4.57 Å². The number of ether oxygens (including phenoxy) is 2. The Hall–Kier alpha value is -4.24. The van der Waals surface area contributed by atoms with E-state index in [0.717, 1.165) is 53.2 Å². The molecule has 2 heterocycles. The van der Waals surface area contributed by atoms with Gasteiger partial charge in [0.25, 0.3) is 0 Å². The van der Waals surface area contributed by atoms with Crippen LogP contribution in [0.15, 0.2) is 95.1 Å². The van der Waals surface area contributed by atoms with Crippen molar-refractivity contribution in [2.75, 3.05) is 7.11 Å². The van der Waals surface area contributed by atoms with Crippen molar-refractivity contribution in [3.05, 3.63) is 107 Å². The molecule has 1 atom stereocenters. The molecule has 176 valence electrons. The molecule has 6 heteroatoms. The standard InChI is InChI=1S/C29H27N3O3/c1-20-8-10-21(11-9-20)19-34-31-25-6-5-7-26-28(25)27(22-12-14-23(33-2)15-13-22)24(18-30)29(35-26)32-16-3-4-17-32/h3-4,8-17,27H,5-7,19H2,1-2H3/b31-25-/t27-/m1/s1. The zero-order valence-electron chi connectivity index (χ0n) is 19.9. The number of rotatable bonds is 6. The third-order valence-corrected chi connectivity index (χ3v) is 6.39. The molecule has 3 aromatic rings. The summed E-state index contributed by atoms with van der Waals surface area (Å²) in [4.78, 5) is 5.81. The van der Waals surface area contributed by atoms with Crippen LogP contribution < -0.4 is 4.74 Å². The Balaban J connectivity index is 1.55. The molecule has 35 heavy (non-hydrogen) atoms. The van der Waals surface area contributed by atoms with Crippen molar-refractivity contribution in [1.29, 1.82) is 5.26 Å². The quantitative estimate of drug-likeness (QED) is 0.399. The molecule has 0 radical (unpaired) electrons. The third-order valence-electron chi connectivity index (χ3n) is 6.39. The Bertz CT molecular complexity index is 1330. The van der Waals surface area contributed by atoms with Gasteiger partial charge in [0.1, 0.15) is 29.8 Å². The predicted molar refractivity (Wildman–Crippen MR) is 134 cm³/mol. The Morgan fingerprint density at radius 1 is 1.06 bits per heavy atom. The van der Waals surface area contributed by atoms with Crippen LogP contribution in [0.5, 0.6) is 5.75 Å². The van der Waals surface area contributed by atoms with Crippen molar-refractivity contribution < 1.29 is 14.3 Å². The van der Waals surface area contributed by atoms with E-state index in [1.165, 1.54) is 5.56 Å². The number of nitrogens with zero attached hydrogens (tertiary/aromatic N) is 3. The molecule has 0 amide bonds. The highest BCUT2D eigenvalue weighted by Gasteiger charge is 2.38. The van der Waals surface area contributed by atoms with Gasteiger partial charge in [-0.25, -0.2) is 0 Å². The maximum Gasteiger partial charge on any atom is 0.218 e. The minimum atomic E-state index is -0.311. The monoisotopic (exact) mass is 465 g/mol. The molecular weight excluding hydrogens is 438 g/mol. The smallest absolute Gasteiger partial charge is 0.218 e. The molecule has 1 aliphatic carbocycles. The van der Waals surface area contributed by atoms with E-state index in [1.807, 2.05) is 65.5 Å². The van der Waals surface area contributed by atoms with E-state index >= 15 is 0 Å². The fourth-order valence-corrected chi connectivity index (χ4v) is 4.59. The van der Waals surface area contributed by atoms with Crippen molar-refractivity contribution in [2.45, 2.75) is 38.7 Å². The first-order valence-corrected chi connectivity index (χ1v) is 11.7. The van der Waals surface area contributed by atoms with E-state index in [4.69, 9.17) is 14.3 Å². The molecule has 0 saturated heterocycles. The lowest BCUT2D eigenvalue weighted by atomic mass is 9.77. The van der Waals surface area contributed by atoms with E-state index in [-0.39, 0.29) is 5.92 Å². The van der Waals surface area contributed by atoms with Gasteiger partial charge in [0.2, 0.25) is 5.88 Å². The molecule has 2 aliphatic rings. The van der Waals surface area contributed by atoms with Crippen LogP contribution in [0.1, 0.15) is 41.9 Å². The first-order chi connectivity index (χ1) is 17.2. The lowest BCUT2D eigenvalue weighted by Gasteiger charge is -2.33. The number of allylic oxidation sites excluding steroid dienone is 3. The fraction of sp³-hybridized carbons (Fsp3) is 0.241. The average Bonchev–Trinajstić information content (AvgIpc) is 3.44. The largest absolute Gasteiger partial charge is 0.497 e. The maximum absolute atomic E-state index is 10.3.